The van der Waals surface area contributed by atoms with E-state index in [-0.39, 0.29) is 16.1 Å². The molecule has 24 heavy (non-hydrogen) atoms. The summed E-state index contributed by atoms with van der Waals surface area (Å²) in [5.74, 6) is -2.68. The second-order valence-electron chi connectivity index (χ2n) is 4.71. The first-order valence-electron chi connectivity index (χ1n) is 6.47. The van der Waals surface area contributed by atoms with Gasteiger partial charge in [-0.15, -0.1) is 11.3 Å². The highest BCUT2D eigenvalue weighted by Gasteiger charge is 2.39. The number of nitrogens with zero attached hydrogens (tertiary/aromatic N) is 2. The molecule has 0 N–H and O–H groups in total. The number of fused-ring (bicyclic) bond motifs is 1. The maximum absolute atomic E-state index is 12.5. The van der Waals surface area contributed by atoms with Crippen LogP contribution in [0.25, 0.3) is 0 Å². The molecule has 1 aliphatic rings. The molecule has 2 heterocycles. The van der Waals surface area contributed by atoms with Gasteiger partial charge in [-0.25, -0.2) is 9.78 Å². The summed E-state index contributed by atoms with van der Waals surface area (Å²) in [6, 6.07) is 5.90. The van der Waals surface area contributed by atoms with E-state index in [1.165, 1.54) is 12.1 Å². The highest BCUT2D eigenvalue weighted by atomic mass is 32.1. The normalized spacial score (nSPS) is 14.0. The first-order chi connectivity index (χ1) is 11.3. The number of aromatic nitrogens is 1. The molecule has 0 radical (unpaired) electrons. The number of benzene rings is 1. The van der Waals surface area contributed by atoms with Gasteiger partial charge in [0.05, 0.1) is 11.1 Å². The summed E-state index contributed by atoms with van der Waals surface area (Å²) < 4.78 is 37.4. The Balaban J connectivity index is 1.69. The predicted octanol–water partition coefficient (Wildman–Crippen LogP) is 2.46. The molecule has 1 aliphatic heterocycles. The van der Waals surface area contributed by atoms with Gasteiger partial charge in [0, 0.05) is 5.38 Å². The number of amides is 2. The maximum Gasteiger partial charge on any atom is 0.434 e. The van der Waals surface area contributed by atoms with Crippen molar-refractivity contribution in [2.75, 3.05) is 0 Å². The second kappa shape index (κ2) is 5.71. The summed E-state index contributed by atoms with van der Waals surface area (Å²) in [7, 11) is 0. The van der Waals surface area contributed by atoms with Crippen molar-refractivity contribution >= 4 is 29.1 Å². The highest BCUT2D eigenvalue weighted by molar-refractivity contribution is 7.09. The third-order valence-corrected chi connectivity index (χ3v) is 3.94. The average Bonchev–Trinajstić information content (AvgIpc) is 3.07. The van der Waals surface area contributed by atoms with Gasteiger partial charge in [-0.3, -0.25) is 9.59 Å². The van der Waals surface area contributed by atoms with E-state index in [2.05, 4.69) is 4.98 Å². The molecule has 1 aromatic carbocycles. The maximum atomic E-state index is 12.5. The van der Waals surface area contributed by atoms with Gasteiger partial charge >= 0.3 is 12.1 Å². The van der Waals surface area contributed by atoms with Crippen molar-refractivity contribution in [3.63, 3.8) is 0 Å². The summed E-state index contributed by atoms with van der Waals surface area (Å²) in [6.45, 7) is 0. The molecule has 10 heteroatoms. The zero-order valence-corrected chi connectivity index (χ0v) is 12.5. The van der Waals surface area contributed by atoms with E-state index in [0.717, 1.165) is 5.38 Å². The fourth-order valence-electron chi connectivity index (χ4n) is 2.03. The molecular formula is C14H7F3N2O4S. The van der Waals surface area contributed by atoms with Crippen LogP contribution in [-0.4, -0.2) is 27.8 Å². The number of rotatable bonds is 3. The van der Waals surface area contributed by atoms with Crippen molar-refractivity contribution in [3.8, 4) is 0 Å². The Morgan fingerprint density at radius 2 is 1.75 bits per heavy atom. The Morgan fingerprint density at radius 3 is 2.25 bits per heavy atom. The van der Waals surface area contributed by atoms with Crippen LogP contribution in [0.4, 0.5) is 13.2 Å². The van der Waals surface area contributed by atoms with Crippen molar-refractivity contribution < 1.29 is 32.4 Å². The molecule has 1 aromatic heterocycles. The van der Waals surface area contributed by atoms with Crippen LogP contribution in [0.15, 0.2) is 29.6 Å². The molecule has 0 saturated heterocycles. The minimum absolute atomic E-state index is 0.0870. The van der Waals surface area contributed by atoms with E-state index in [9.17, 15) is 27.6 Å². The van der Waals surface area contributed by atoms with Gasteiger partial charge < -0.3 is 4.84 Å². The van der Waals surface area contributed by atoms with E-state index < -0.39 is 36.1 Å². The van der Waals surface area contributed by atoms with Crippen molar-refractivity contribution in [2.24, 2.45) is 0 Å². The lowest BCUT2D eigenvalue weighted by atomic mass is 10.1. The van der Waals surface area contributed by atoms with Gasteiger partial charge in [-0.1, -0.05) is 17.2 Å². The van der Waals surface area contributed by atoms with E-state index in [4.69, 9.17) is 4.84 Å². The summed E-state index contributed by atoms with van der Waals surface area (Å²) in [4.78, 5) is 43.8. The van der Waals surface area contributed by atoms with Crippen molar-refractivity contribution in [1.82, 2.24) is 10.0 Å². The number of carbonyl (C=O) groups is 3. The number of alkyl halides is 3. The molecule has 2 aromatic rings. The monoisotopic (exact) mass is 356 g/mol. The number of imide groups is 1. The molecule has 3 rings (SSSR count). The Morgan fingerprint density at radius 1 is 1.17 bits per heavy atom. The molecule has 0 unspecified atom stereocenters. The van der Waals surface area contributed by atoms with Gasteiger partial charge in [0.1, 0.15) is 11.4 Å². The van der Waals surface area contributed by atoms with E-state index in [1.807, 2.05) is 0 Å². The Labute approximate surface area is 136 Å². The third-order valence-electron chi connectivity index (χ3n) is 3.09. The van der Waals surface area contributed by atoms with Gasteiger partial charge in [0.15, 0.2) is 5.69 Å². The second-order valence-corrected chi connectivity index (χ2v) is 5.66. The number of hydrogen-bond acceptors (Lipinski definition) is 6. The van der Waals surface area contributed by atoms with Crippen LogP contribution >= 0.6 is 11.3 Å². The quantitative estimate of drug-likeness (QED) is 0.790. The van der Waals surface area contributed by atoms with Crippen LogP contribution in [0.2, 0.25) is 0 Å². The molecule has 0 aliphatic carbocycles. The van der Waals surface area contributed by atoms with Crippen molar-refractivity contribution in [1.29, 1.82) is 0 Å². The fourth-order valence-corrected chi connectivity index (χ4v) is 2.82. The summed E-state index contributed by atoms with van der Waals surface area (Å²) in [5.41, 5.74) is -0.941. The van der Waals surface area contributed by atoms with Gasteiger partial charge in [-0.05, 0) is 12.1 Å². The molecule has 0 saturated carbocycles. The van der Waals surface area contributed by atoms with Crippen molar-refractivity contribution in [3.05, 3.63) is 51.5 Å². The Kier molecular flexibility index (Phi) is 3.84. The minimum Gasteiger partial charge on any atom is -0.329 e. The SMILES string of the molecule is O=C(Cc1nc(C(F)(F)F)cs1)ON1C(=O)c2ccccc2C1=O. The predicted molar refractivity (Wildman–Crippen MR) is 73.9 cm³/mol. The van der Waals surface area contributed by atoms with Gasteiger partial charge in [0.25, 0.3) is 11.8 Å². The molecule has 6 nitrogen and oxygen atoms in total. The molecule has 2 amide bonds. The third kappa shape index (κ3) is 2.87. The average molecular weight is 356 g/mol. The standard InChI is InChI=1S/C14H7F3N2O4S/c15-14(16,17)9-6-24-10(18-9)5-11(20)23-19-12(21)7-3-1-2-4-8(7)13(19)22/h1-4,6H,5H2. The Bertz CT molecular complexity index is 812. The molecule has 0 atom stereocenters. The number of halogens is 3. The first kappa shape index (κ1) is 16.1. The van der Waals surface area contributed by atoms with Gasteiger partial charge in [0.2, 0.25) is 0 Å². The smallest absolute Gasteiger partial charge is 0.329 e. The van der Waals surface area contributed by atoms with E-state index >= 15 is 0 Å². The molecule has 124 valence electrons. The number of hydrogen-bond donors (Lipinski definition) is 0. The topological polar surface area (TPSA) is 76.6 Å². The lowest BCUT2D eigenvalue weighted by Gasteiger charge is -2.11. The van der Waals surface area contributed by atoms with Crippen LogP contribution < -0.4 is 0 Å². The van der Waals surface area contributed by atoms with Gasteiger partial charge in [-0.2, -0.15) is 13.2 Å². The van der Waals surface area contributed by atoms with Crippen LogP contribution in [0.3, 0.4) is 0 Å². The number of hydroxylamine groups is 2. The summed E-state index contributed by atoms with van der Waals surface area (Å²) in [6.07, 6.45) is -5.20. The van der Waals surface area contributed by atoms with Crippen LogP contribution in [0.5, 0.6) is 0 Å². The lowest BCUT2D eigenvalue weighted by molar-refractivity contribution is -0.167. The van der Waals surface area contributed by atoms with Crippen LogP contribution in [0, 0.1) is 0 Å². The number of carbonyl (C=O) groups excluding carboxylic acids is 3. The van der Waals surface area contributed by atoms with Crippen molar-refractivity contribution in [2.45, 2.75) is 12.6 Å². The zero-order valence-electron chi connectivity index (χ0n) is 11.7. The molecule has 0 spiro atoms. The van der Waals surface area contributed by atoms with Crippen LogP contribution in [-0.2, 0) is 22.2 Å². The molecule has 0 bridgehead atoms. The molecular weight excluding hydrogens is 349 g/mol. The highest BCUT2D eigenvalue weighted by Crippen LogP contribution is 2.30. The van der Waals surface area contributed by atoms with E-state index in [1.54, 1.807) is 12.1 Å². The lowest BCUT2D eigenvalue weighted by Crippen LogP contribution is -2.33. The number of thiazole rings is 1. The summed E-state index contributed by atoms with van der Waals surface area (Å²) in [5, 5.41) is 0.930. The fraction of sp³-hybridized carbons (Fsp3) is 0.143. The first-order valence-corrected chi connectivity index (χ1v) is 7.35. The van der Waals surface area contributed by atoms with E-state index in [0.29, 0.717) is 16.4 Å². The van der Waals surface area contributed by atoms with Crippen LogP contribution in [0.1, 0.15) is 31.4 Å². The summed E-state index contributed by atoms with van der Waals surface area (Å²) >= 11 is 0.631. The molecule has 0 fully saturated rings. The largest absolute Gasteiger partial charge is 0.434 e. The minimum atomic E-state index is -4.61. The Hall–Kier alpha value is -2.75. The zero-order chi connectivity index (χ0) is 17.5.